The third kappa shape index (κ3) is 5.60. The van der Waals surface area contributed by atoms with Gasteiger partial charge in [0.05, 0.1) is 9.82 Å². The highest BCUT2D eigenvalue weighted by Crippen LogP contribution is 2.16. The maximum absolute atomic E-state index is 12.3. The maximum Gasteiger partial charge on any atom is 0.269 e. The lowest BCUT2D eigenvalue weighted by Crippen LogP contribution is -2.40. The van der Waals surface area contributed by atoms with E-state index in [1.54, 1.807) is 11.3 Å². The van der Waals surface area contributed by atoms with Crippen molar-refractivity contribution in [3.8, 4) is 0 Å². The first-order valence-corrected chi connectivity index (χ1v) is 10.8. The van der Waals surface area contributed by atoms with Crippen LogP contribution < -0.4 is 4.72 Å². The van der Waals surface area contributed by atoms with Crippen molar-refractivity contribution in [2.45, 2.75) is 31.2 Å². The van der Waals surface area contributed by atoms with E-state index in [4.69, 9.17) is 0 Å². The van der Waals surface area contributed by atoms with Gasteiger partial charge in [-0.05, 0) is 54.4 Å². The molecule has 1 N–H and O–H groups in total. The molecule has 1 unspecified atom stereocenters. The van der Waals surface area contributed by atoms with E-state index in [-0.39, 0.29) is 17.1 Å². The van der Waals surface area contributed by atoms with Gasteiger partial charge in [0.1, 0.15) is 0 Å². The number of hydrogen-bond donors (Lipinski definition) is 1. The molecule has 0 radical (unpaired) electrons. The van der Waals surface area contributed by atoms with Crippen molar-refractivity contribution < 1.29 is 13.3 Å². The third-order valence-electron chi connectivity index (χ3n) is 4.19. The highest BCUT2D eigenvalue weighted by Gasteiger charge is 2.17. The summed E-state index contributed by atoms with van der Waals surface area (Å²) in [6.45, 7) is 5.88. The van der Waals surface area contributed by atoms with Crippen LogP contribution in [-0.4, -0.2) is 43.9 Å². The molecular formula is C17H23N3O4S2. The number of hydrogen-bond acceptors (Lipinski definition) is 6. The minimum Gasteiger partial charge on any atom is -0.299 e. The van der Waals surface area contributed by atoms with Gasteiger partial charge >= 0.3 is 0 Å². The number of sulfonamides is 1. The quantitative estimate of drug-likeness (QED) is 0.491. The monoisotopic (exact) mass is 397 g/mol. The lowest BCUT2D eigenvalue weighted by molar-refractivity contribution is -0.384. The Hall–Kier alpha value is -1.81. The van der Waals surface area contributed by atoms with Crippen LogP contribution in [0.4, 0.5) is 5.69 Å². The van der Waals surface area contributed by atoms with E-state index >= 15 is 0 Å². The van der Waals surface area contributed by atoms with Gasteiger partial charge in [-0.3, -0.25) is 15.0 Å². The number of thiophene rings is 1. The molecule has 142 valence electrons. The van der Waals surface area contributed by atoms with Gasteiger partial charge in [-0.1, -0.05) is 6.92 Å². The second-order valence-corrected chi connectivity index (χ2v) is 8.51. The first-order valence-electron chi connectivity index (χ1n) is 8.32. The minimum atomic E-state index is -3.68. The van der Waals surface area contributed by atoms with Gasteiger partial charge in [-0.2, -0.15) is 11.3 Å². The average molecular weight is 398 g/mol. The van der Waals surface area contributed by atoms with Crippen LogP contribution in [0.3, 0.4) is 0 Å². The Labute approximate surface area is 157 Å². The van der Waals surface area contributed by atoms with Crippen molar-refractivity contribution in [3.05, 3.63) is 56.8 Å². The molecule has 26 heavy (non-hydrogen) atoms. The number of nitrogens with zero attached hydrogens (tertiary/aromatic N) is 2. The zero-order valence-electron chi connectivity index (χ0n) is 14.8. The normalized spacial score (nSPS) is 13.0. The highest BCUT2D eigenvalue weighted by molar-refractivity contribution is 7.89. The van der Waals surface area contributed by atoms with Crippen LogP contribution >= 0.6 is 11.3 Å². The standard InChI is InChI=1S/C17H23N3O4S2/c1-3-19(14(2)12-15-8-11-25-13-15)10-9-18-26(23,24)17-6-4-16(5-7-17)20(21)22/h4-8,11,13-14,18H,3,9-10,12H2,1-2H3. The van der Waals surface area contributed by atoms with Gasteiger partial charge in [0.25, 0.3) is 5.69 Å². The molecule has 9 heteroatoms. The second-order valence-electron chi connectivity index (χ2n) is 5.96. The van der Waals surface area contributed by atoms with E-state index in [1.807, 2.05) is 0 Å². The molecule has 0 aliphatic carbocycles. The molecule has 1 heterocycles. The van der Waals surface area contributed by atoms with Gasteiger partial charge < -0.3 is 0 Å². The number of nitro benzene ring substituents is 1. The summed E-state index contributed by atoms with van der Waals surface area (Å²) in [4.78, 5) is 12.3. The molecule has 2 aromatic rings. The van der Waals surface area contributed by atoms with Crippen LogP contribution in [0.1, 0.15) is 19.4 Å². The Morgan fingerprint density at radius 2 is 1.96 bits per heavy atom. The first-order chi connectivity index (χ1) is 12.3. The molecule has 1 aromatic carbocycles. The zero-order valence-corrected chi connectivity index (χ0v) is 16.4. The number of non-ortho nitro benzene ring substituents is 1. The molecule has 0 spiro atoms. The Kier molecular flexibility index (Phi) is 7.27. The van der Waals surface area contributed by atoms with Crippen LogP contribution in [0.15, 0.2) is 46.0 Å². The van der Waals surface area contributed by atoms with Crippen molar-refractivity contribution in [1.82, 2.24) is 9.62 Å². The summed E-state index contributed by atoms with van der Waals surface area (Å²) in [5.74, 6) is 0. The SMILES string of the molecule is CCN(CCNS(=O)(=O)c1ccc([N+](=O)[O-])cc1)C(C)Cc1ccsc1. The van der Waals surface area contributed by atoms with Gasteiger partial charge in [0, 0.05) is 31.3 Å². The molecule has 1 aromatic heterocycles. The highest BCUT2D eigenvalue weighted by atomic mass is 32.2. The number of nitrogens with one attached hydrogen (secondary N) is 1. The molecule has 0 aliphatic heterocycles. The lowest BCUT2D eigenvalue weighted by Gasteiger charge is -2.27. The van der Waals surface area contributed by atoms with Crippen LogP contribution in [0.2, 0.25) is 0 Å². The molecule has 1 atom stereocenters. The number of nitro groups is 1. The average Bonchev–Trinajstić information content (AvgIpc) is 3.11. The van der Waals surface area contributed by atoms with Crippen molar-refractivity contribution in [1.29, 1.82) is 0 Å². The largest absolute Gasteiger partial charge is 0.299 e. The summed E-state index contributed by atoms with van der Waals surface area (Å²) in [5.41, 5.74) is 1.15. The summed E-state index contributed by atoms with van der Waals surface area (Å²) in [7, 11) is -3.68. The summed E-state index contributed by atoms with van der Waals surface area (Å²) < 4.78 is 27.2. The van der Waals surface area contributed by atoms with E-state index in [0.717, 1.165) is 13.0 Å². The summed E-state index contributed by atoms with van der Waals surface area (Å²) >= 11 is 1.67. The fraction of sp³-hybridized carbons (Fsp3) is 0.412. The first kappa shape index (κ1) is 20.5. The van der Waals surface area contributed by atoms with Crippen molar-refractivity contribution in [3.63, 3.8) is 0 Å². The van der Waals surface area contributed by atoms with Gasteiger partial charge in [0.15, 0.2) is 0 Å². The Morgan fingerprint density at radius 1 is 1.27 bits per heavy atom. The van der Waals surface area contributed by atoms with Crippen LogP contribution in [0.25, 0.3) is 0 Å². The van der Waals surface area contributed by atoms with E-state index in [2.05, 4.69) is 40.3 Å². The summed E-state index contributed by atoms with van der Waals surface area (Å²) in [5, 5.41) is 14.8. The fourth-order valence-corrected chi connectivity index (χ4v) is 4.43. The third-order valence-corrected chi connectivity index (χ3v) is 6.40. The Balaban J connectivity index is 1.90. The molecule has 0 saturated heterocycles. The lowest BCUT2D eigenvalue weighted by atomic mass is 10.1. The van der Waals surface area contributed by atoms with Crippen molar-refractivity contribution in [2.75, 3.05) is 19.6 Å². The van der Waals surface area contributed by atoms with E-state index in [1.165, 1.54) is 29.8 Å². The minimum absolute atomic E-state index is 0.0254. The molecular weight excluding hydrogens is 374 g/mol. The molecule has 2 rings (SSSR count). The second kappa shape index (κ2) is 9.22. The Bertz CT molecular complexity index is 805. The summed E-state index contributed by atoms with van der Waals surface area (Å²) in [6.07, 6.45) is 0.923. The molecule has 0 fully saturated rings. The van der Waals surface area contributed by atoms with E-state index in [0.29, 0.717) is 12.6 Å². The van der Waals surface area contributed by atoms with Crippen molar-refractivity contribution in [2.24, 2.45) is 0 Å². The predicted octanol–water partition coefficient (Wildman–Crippen LogP) is 2.89. The Morgan fingerprint density at radius 3 is 2.50 bits per heavy atom. The molecule has 7 nitrogen and oxygen atoms in total. The van der Waals surface area contributed by atoms with Gasteiger partial charge in [-0.25, -0.2) is 13.1 Å². The number of likely N-dealkylation sites (N-methyl/N-ethyl adjacent to an activating group) is 1. The molecule has 0 saturated carbocycles. The maximum atomic E-state index is 12.3. The summed E-state index contributed by atoms with van der Waals surface area (Å²) in [6, 6.07) is 7.28. The molecule has 0 bridgehead atoms. The fourth-order valence-electron chi connectivity index (χ4n) is 2.72. The van der Waals surface area contributed by atoms with Crippen LogP contribution in [0, 0.1) is 10.1 Å². The smallest absolute Gasteiger partial charge is 0.269 e. The number of benzene rings is 1. The van der Waals surface area contributed by atoms with Crippen LogP contribution in [-0.2, 0) is 16.4 Å². The van der Waals surface area contributed by atoms with Gasteiger partial charge in [-0.15, -0.1) is 0 Å². The topological polar surface area (TPSA) is 92.6 Å². The van der Waals surface area contributed by atoms with E-state index < -0.39 is 14.9 Å². The molecule has 0 aliphatic rings. The van der Waals surface area contributed by atoms with E-state index in [9.17, 15) is 18.5 Å². The molecule has 0 amide bonds. The van der Waals surface area contributed by atoms with Crippen LogP contribution in [0.5, 0.6) is 0 Å². The predicted molar refractivity (Wildman–Crippen MR) is 103 cm³/mol. The number of rotatable bonds is 10. The van der Waals surface area contributed by atoms with Gasteiger partial charge in [0.2, 0.25) is 10.0 Å². The zero-order chi connectivity index (χ0) is 19.2. The van der Waals surface area contributed by atoms with Crippen molar-refractivity contribution >= 4 is 27.0 Å².